The number of benzene rings is 4. The van der Waals surface area contributed by atoms with E-state index in [0.29, 0.717) is 10.0 Å². The SMILES string of the molecule is O[C@@H](c1cccc(Cl)c1)[C@@H](CCC1CC1)c1ccc(Cl)cc1.O[C@H](c1cccc(Cl)c1)[C@H](CCC1CC1)c1ccc(Cl)cc1. The largest absolute Gasteiger partial charge is 0.388 e. The molecule has 4 atom stereocenters. The Bertz CT molecular complexity index is 1350. The number of rotatable bonds is 12. The Morgan fingerprint density at radius 3 is 1.16 bits per heavy atom. The summed E-state index contributed by atoms with van der Waals surface area (Å²) < 4.78 is 0. The van der Waals surface area contributed by atoms with Crippen molar-refractivity contribution in [1.29, 1.82) is 0 Å². The Morgan fingerprint density at radius 2 is 0.841 bits per heavy atom. The normalized spacial score (nSPS) is 17.2. The van der Waals surface area contributed by atoms with Crippen LogP contribution in [0.4, 0.5) is 0 Å². The molecule has 0 unspecified atom stereocenters. The second-order valence-electron chi connectivity index (χ2n) is 12.4. The van der Waals surface area contributed by atoms with Gasteiger partial charge >= 0.3 is 0 Å². The van der Waals surface area contributed by atoms with Crippen molar-refractivity contribution in [3.05, 3.63) is 139 Å². The maximum atomic E-state index is 10.9. The predicted molar refractivity (Wildman–Crippen MR) is 185 cm³/mol. The van der Waals surface area contributed by atoms with Crippen LogP contribution in [0, 0.1) is 11.8 Å². The molecule has 44 heavy (non-hydrogen) atoms. The van der Waals surface area contributed by atoms with E-state index in [4.69, 9.17) is 46.4 Å². The van der Waals surface area contributed by atoms with Crippen molar-refractivity contribution >= 4 is 46.4 Å². The van der Waals surface area contributed by atoms with Crippen LogP contribution in [0.3, 0.4) is 0 Å². The fourth-order valence-corrected chi connectivity index (χ4v) is 6.57. The van der Waals surface area contributed by atoms with E-state index in [1.807, 2.05) is 97.1 Å². The zero-order valence-electron chi connectivity index (χ0n) is 24.8. The number of halogens is 4. The minimum absolute atomic E-state index is 0.0799. The molecule has 0 saturated heterocycles. The number of hydrogen-bond acceptors (Lipinski definition) is 2. The van der Waals surface area contributed by atoms with Crippen LogP contribution in [0.5, 0.6) is 0 Å². The maximum Gasteiger partial charge on any atom is 0.0859 e. The molecule has 2 aliphatic carbocycles. The van der Waals surface area contributed by atoms with Crippen LogP contribution in [0.25, 0.3) is 0 Å². The molecule has 0 heterocycles. The molecular weight excluding hydrogens is 630 g/mol. The van der Waals surface area contributed by atoms with Gasteiger partial charge in [0.15, 0.2) is 0 Å². The topological polar surface area (TPSA) is 40.5 Å². The molecule has 0 spiro atoms. The van der Waals surface area contributed by atoms with E-state index >= 15 is 0 Å². The number of hydrogen-bond donors (Lipinski definition) is 2. The summed E-state index contributed by atoms with van der Waals surface area (Å²) in [5, 5.41) is 24.5. The van der Waals surface area contributed by atoms with Gasteiger partial charge in [-0.3, -0.25) is 0 Å². The van der Waals surface area contributed by atoms with Gasteiger partial charge in [-0.25, -0.2) is 0 Å². The maximum absolute atomic E-state index is 10.9. The van der Waals surface area contributed by atoms with Gasteiger partial charge in [-0.05, 0) is 108 Å². The lowest BCUT2D eigenvalue weighted by atomic mass is 9.85. The summed E-state index contributed by atoms with van der Waals surface area (Å²) >= 11 is 24.1. The molecule has 0 amide bonds. The van der Waals surface area contributed by atoms with Gasteiger partial charge in [-0.15, -0.1) is 0 Å². The molecular formula is C38H40Cl4O2. The van der Waals surface area contributed by atoms with E-state index in [1.54, 1.807) is 0 Å². The first-order chi connectivity index (χ1) is 21.3. The number of aliphatic hydroxyl groups is 2. The monoisotopic (exact) mass is 668 g/mol. The van der Waals surface area contributed by atoms with Gasteiger partial charge < -0.3 is 10.2 Å². The standard InChI is InChI=1S/2C19H20Cl2O/c2*20-16-9-7-14(8-10-16)18(11-6-13-4-5-13)19(22)15-2-1-3-17(21)12-15/h2*1-3,7-10,12-13,18-19,22H,4-6,11H2/t2*18-,19-/m10/s1. The van der Waals surface area contributed by atoms with Crippen molar-refractivity contribution in [2.75, 3.05) is 0 Å². The first-order valence-corrected chi connectivity index (χ1v) is 17.2. The lowest BCUT2D eigenvalue weighted by Gasteiger charge is -2.24. The third-order valence-electron chi connectivity index (χ3n) is 8.90. The summed E-state index contributed by atoms with van der Waals surface area (Å²) in [6, 6.07) is 30.7. The van der Waals surface area contributed by atoms with Crippen LogP contribution in [-0.2, 0) is 0 Å². The summed E-state index contributed by atoms with van der Waals surface area (Å²) in [5.41, 5.74) is 4.03. The molecule has 6 heteroatoms. The highest BCUT2D eigenvalue weighted by atomic mass is 35.5. The van der Waals surface area contributed by atoms with Crippen molar-refractivity contribution in [3.8, 4) is 0 Å². The zero-order chi connectivity index (χ0) is 31.1. The fourth-order valence-electron chi connectivity index (χ4n) is 5.92. The van der Waals surface area contributed by atoms with E-state index in [1.165, 1.54) is 38.5 Å². The summed E-state index contributed by atoms with van der Waals surface area (Å²) in [6.45, 7) is 0. The van der Waals surface area contributed by atoms with E-state index in [0.717, 1.165) is 57.0 Å². The van der Waals surface area contributed by atoms with Gasteiger partial charge in [0.1, 0.15) is 0 Å². The molecule has 2 fully saturated rings. The minimum atomic E-state index is -0.543. The quantitative estimate of drug-likeness (QED) is 0.158. The van der Waals surface area contributed by atoms with Crippen molar-refractivity contribution in [1.82, 2.24) is 0 Å². The van der Waals surface area contributed by atoms with Crippen molar-refractivity contribution in [2.24, 2.45) is 11.8 Å². The van der Waals surface area contributed by atoms with E-state index in [-0.39, 0.29) is 11.8 Å². The highest BCUT2D eigenvalue weighted by Crippen LogP contribution is 2.42. The second-order valence-corrected chi connectivity index (χ2v) is 14.1. The van der Waals surface area contributed by atoms with Crippen LogP contribution < -0.4 is 0 Å². The summed E-state index contributed by atoms with van der Waals surface area (Å²) in [4.78, 5) is 0. The van der Waals surface area contributed by atoms with Crippen LogP contribution >= 0.6 is 46.4 Å². The molecule has 0 radical (unpaired) electrons. The Hall–Kier alpha value is -2.04. The molecule has 4 aromatic rings. The minimum Gasteiger partial charge on any atom is -0.388 e. The molecule has 232 valence electrons. The molecule has 2 aliphatic rings. The molecule has 4 aromatic carbocycles. The molecule has 0 bridgehead atoms. The highest BCUT2D eigenvalue weighted by Gasteiger charge is 2.29. The average Bonchev–Trinajstić information content (AvgIpc) is 3.96. The van der Waals surface area contributed by atoms with Crippen LogP contribution in [0.2, 0.25) is 20.1 Å². The molecule has 2 nitrogen and oxygen atoms in total. The van der Waals surface area contributed by atoms with Crippen molar-refractivity contribution in [3.63, 3.8) is 0 Å². The molecule has 2 N–H and O–H groups in total. The Kier molecular flexibility index (Phi) is 12.1. The fraction of sp³-hybridized carbons (Fsp3) is 0.368. The Balaban J connectivity index is 0.000000175. The third-order valence-corrected chi connectivity index (χ3v) is 9.88. The molecule has 0 aliphatic heterocycles. The van der Waals surface area contributed by atoms with Crippen molar-refractivity contribution in [2.45, 2.75) is 75.4 Å². The highest BCUT2D eigenvalue weighted by molar-refractivity contribution is 6.31. The Morgan fingerprint density at radius 1 is 0.477 bits per heavy atom. The van der Waals surface area contributed by atoms with Gasteiger partial charge in [-0.2, -0.15) is 0 Å². The van der Waals surface area contributed by atoms with E-state index in [2.05, 4.69) is 0 Å². The number of aliphatic hydroxyl groups excluding tert-OH is 2. The lowest BCUT2D eigenvalue weighted by Crippen LogP contribution is -2.11. The van der Waals surface area contributed by atoms with E-state index < -0.39 is 12.2 Å². The zero-order valence-corrected chi connectivity index (χ0v) is 27.8. The van der Waals surface area contributed by atoms with Gasteiger partial charge in [0, 0.05) is 31.9 Å². The smallest absolute Gasteiger partial charge is 0.0859 e. The second kappa shape index (κ2) is 16.0. The summed E-state index contributed by atoms with van der Waals surface area (Å²) in [7, 11) is 0. The predicted octanol–water partition coefficient (Wildman–Crippen LogP) is 12.0. The molecule has 2 saturated carbocycles. The molecule has 6 rings (SSSR count). The summed E-state index contributed by atoms with van der Waals surface area (Å²) in [5.74, 6) is 1.86. The molecule has 0 aromatic heterocycles. The summed E-state index contributed by atoms with van der Waals surface area (Å²) in [6.07, 6.45) is 8.57. The van der Waals surface area contributed by atoms with Crippen LogP contribution in [-0.4, -0.2) is 10.2 Å². The first kappa shape index (κ1) is 33.3. The van der Waals surface area contributed by atoms with E-state index in [9.17, 15) is 10.2 Å². The van der Waals surface area contributed by atoms with Crippen molar-refractivity contribution < 1.29 is 10.2 Å². The average molecular weight is 671 g/mol. The van der Waals surface area contributed by atoms with Crippen LogP contribution in [0.15, 0.2) is 97.1 Å². The Labute approximate surface area is 282 Å². The van der Waals surface area contributed by atoms with Gasteiger partial charge in [0.25, 0.3) is 0 Å². The first-order valence-electron chi connectivity index (χ1n) is 15.6. The lowest BCUT2D eigenvalue weighted by molar-refractivity contribution is 0.138. The van der Waals surface area contributed by atoms with Gasteiger partial charge in [-0.1, -0.05) is 121 Å². The third kappa shape index (κ3) is 9.98. The van der Waals surface area contributed by atoms with Gasteiger partial charge in [0.05, 0.1) is 12.2 Å². The van der Waals surface area contributed by atoms with Gasteiger partial charge in [0.2, 0.25) is 0 Å². The van der Waals surface area contributed by atoms with Crippen LogP contribution in [0.1, 0.15) is 97.7 Å².